The van der Waals surface area contributed by atoms with Gasteiger partial charge in [0.25, 0.3) is 0 Å². The number of hydrogen-bond acceptors (Lipinski definition) is 5. The highest BCUT2D eigenvalue weighted by Crippen LogP contribution is 2.26. The normalized spacial score (nSPS) is 16.7. The first-order chi connectivity index (χ1) is 13.0. The molecule has 0 saturated carbocycles. The SMILES string of the molecule is COC(=O)c1ccccc1NC(=O)N1CCCC(C(=O)c2sccc2C)C1. The van der Waals surface area contributed by atoms with Crippen molar-refractivity contribution in [3.05, 3.63) is 51.7 Å². The number of likely N-dealkylation sites (tertiary alicyclic amines) is 1. The fourth-order valence-electron chi connectivity index (χ4n) is 3.26. The van der Waals surface area contributed by atoms with E-state index in [1.165, 1.54) is 18.4 Å². The Hall–Kier alpha value is -2.67. The average Bonchev–Trinajstić information content (AvgIpc) is 3.13. The molecule has 0 spiro atoms. The van der Waals surface area contributed by atoms with E-state index in [2.05, 4.69) is 5.32 Å². The molecule has 7 heteroatoms. The number of urea groups is 1. The van der Waals surface area contributed by atoms with Crippen LogP contribution in [0, 0.1) is 12.8 Å². The minimum atomic E-state index is -0.509. The number of carbonyl (C=O) groups is 3. The van der Waals surface area contributed by atoms with E-state index in [1.54, 1.807) is 29.2 Å². The lowest BCUT2D eigenvalue weighted by Crippen LogP contribution is -2.44. The van der Waals surface area contributed by atoms with Crippen LogP contribution in [-0.2, 0) is 4.74 Å². The summed E-state index contributed by atoms with van der Waals surface area (Å²) >= 11 is 1.45. The molecule has 2 heterocycles. The number of anilines is 1. The van der Waals surface area contributed by atoms with E-state index < -0.39 is 5.97 Å². The lowest BCUT2D eigenvalue weighted by atomic mass is 9.92. The predicted octanol–water partition coefficient (Wildman–Crippen LogP) is 3.97. The van der Waals surface area contributed by atoms with Crippen molar-refractivity contribution < 1.29 is 19.1 Å². The van der Waals surface area contributed by atoms with E-state index in [9.17, 15) is 14.4 Å². The monoisotopic (exact) mass is 386 g/mol. The third kappa shape index (κ3) is 4.19. The second-order valence-electron chi connectivity index (χ2n) is 6.55. The molecule has 1 atom stereocenters. The molecule has 1 N–H and O–H groups in total. The molecule has 1 fully saturated rings. The van der Waals surface area contributed by atoms with Crippen molar-refractivity contribution in [2.45, 2.75) is 19.8 Å². The number of rotatable bonds is 4. The fourth-order valence-corrected chi connectivity index (χ4v) is 4.21. The quantitative estimate of drug-likeness (QED) is 0.637. The number of ether oxygens (including phenoxy) is 1. The van der Waals surface area contributed by atoms with Crippen molar-refractivity contribution in [2.24, 2.45) is 5.92 Å². The van der Waals surface area contributed by atoms with Crippen LogP contribution in [0.5, 0.6) is 0 Å². The number of methoxy groups -OCH3 is 1. The second-order valence-corrected chi connectivity index (χ2v) is 7.47. The van der Waals surface area contributed by atoms with Crippen LogP contribution in [0.15, 0.2) is 35.7 Å². The summed E-state index contributed by atoms with van der Waals surface area (Å²) in [5, 5.41) is 4.69. The number of aryl methyl sites for hydroxylation is 1. The number of para-hydroxylation sites is 1. The van der Waals surface area contributed by atoms with Gasteiger partial charge < -0.3 is 15.0 Å². The standard InChI is InChI=1S/C20H22N2O4S/c1-13-9-11-27-18(13)17(23)14-6-5-10-22(12-14)20(25)21-16-8-4-3-7-15(16)19(24)26-2/h3-4,7-9,11,14H,5-6,10,12H2,1-2H3,(H,21,25). The van der Waals surface area contributed by atoms with Crippen LogP contribution < -0.4 is 5.32 Å². The van der Waals surface area contributed by atoms with Gasteiger partial charge >= 0.3 is 12.0 Å². The minimum absolute atomic E-state index is 0.106. The maximum absolute atomic E-state index is 12.8. The molecule has 1 aromatic carbocycles. The molecule has 2 amide bonds. The van der Waals surface area contributed by atoms with Crippen LogP contribution in [-0.4, -0.2) is 42.9 Å². The Bertz CT molecular complexity index is 861. The molecule has 6 nitrogen and oxygen atoms in total. The van der Waals surface area contributed by atoms with E-state index in [0.29, 0.717) is 24.3 Å². The molecule has 1 aliphatic rings. The molecule has 2 aromatic rings. The summed E-state index contributed by atoms with van der Waals surface area (Å²) in [5.74, 6) is -0.599. The number of nitrogens with one attached hydrogen (secondary N) is 1. The number of carbonyl (C=O) groups excluding carboxylic acids is 3. The van der Waals surface area contributed by atoms with Gasteiger partial charge in [-0.05, 0) is 48.9 Å². The lowest BCUT2D eigenvalue weighted by Gasteiger charge is -2.32. The molecule has 0 aliphatic carbocycles. The summed E-state index contributed by atoms with van der Waals surface area (Å²) in [6.07, 6.45) is 1.55. The number of Topliss-reactive ketones (excluding diaryl/α,β-unsaturated/α-hetero) is 1. The maximum Gasteiger partial charge on any atom is 0.339 e. The highest BCUT2D eigenvalue weighted by molar-refractivity contribution is 7.12. The van der Waals surface area contributed by atoms with Gasteiger partial charge in [-0.25, -0.2) is 9.59 Å². The Balaban J connectivity index is 1.70. The Morgan fingerprint density at radius 1 is 1.22 bits per heavy atom. The van der Waals surface area contributed by atoms with E-state index in [-0.39, 0.29) is 17.7 Å². The maximum atomic E-state index is 12.8. The van der Waals surface area contributed by atoms with Crippen LogP contribution in [0.2, 0.25) is 0 Å². The summed E-state index contributed by atoms with van der Waals surface area (Å²) in [5.41, 5.74) is 1.68. The van der Waals surface area contributed by atoms with Gasteiger partial charge in [-0.15, -0.1) is 11.3 Å². The lowest BCUT2D eigenvalue weighted by molar-refractivity contribution is 0.0601. The van der Waals surface area contributed by atoms with Crippen molar-refractivity contribution in [1.82, 2.24) is 4.90 Å². The van der Waals surface area contributed by atoms with Crippen LogP contribution in [0.25, 0.3) is 0 Å². The van der Waals surface area contributed by atoms with Crippen molar-refractivity contribution in [2.75, 3.05) is 25.5 Å². The zero-order valence-electron chi connectivity index (χ0n) is 15.4. The van der Waals surface area contributed by atoms with E-state index in [1.807, 2.05) is 18.4 Å². The zero-order valence-corrected chi connectivity index (χ0v) is 16.2. The van der Waals surface area contributed by atoms with Gasteiger partial charge in [0.05, 0.1) is 23.2 Å². The number of hydrogen-bond donors (Lipinski definition) is 1. The fraction of sp³-hybridized carbons (Fsp3) is 0.350. The van der Waals surface area contributed by atoms with Crippen molar-refractivity contribution in [1.29, 1.82) is 0 Å². The zero-order chi connectivity index (χ0) is 19.4. The first kappa shape index (κ1) is 19.1. The van der Waals surface area contributed by atoms with Crippen LogP contribution >= 0.6 is 11.3 Å². The van der Waals surface area contributed by atoms with Crippen LogP contribution in [0.3, 0.4) is 0 Å². The number of ketones is 1. The average molecular weight is 386 g/mol. The number of benzene rings is 1. The Labute approximate surface area is 162 Å². The summed E-state index contributed by atoms with van der Waals surface area (Å²) in [4.78, 5) is 39.8. The Morgan fingerprint density at radius 3 is 2.70 bits per heavy atom. The number of esters is 1. The molecule has 27 heavy (non-hydrogen) atoms. The summed E-state index contributed by atoms with van der Waals surface area (Å²) < 4.78 is 4.76. The molecule has 1 saturated heterocycles. The molecule has 0 radical (unpaired) electrons. The summed E-state index contributed by atoms with van der Waals surface area (Å²) in [6.45, 7) is 2.89. The molecule has 0 bridgehead atoms. The summed E-state index contributed by atoms with van der Waals surface area (Å²) in [7, 11) is 1.30. The number of thiophene rings is 1. The van der Waals surface area contributed by atoms with Gasteiger partial charge in [-0.3, -0.25) is 4.79 Å². The van der Waals surface area contributed by atoms with Crippen LogP contribution in [0.1, 0.15) is 38.4 Å². The first-order valence-electron chi connectivity index (χ1n) is 8.83. The highest BCUT2D eigenvalue weighted by atomic mass is 32.1. The molecule has 1 aromatic heterocycles. The topological polar surface area (TPSA) is 75.7 Å². The van der Waals surface area contributed by atoms with E-state index in [4.69, 9.17) is 4.74 Å². The number of amides is 2. The van der Waals surface area contributed by atoms with Crippen molar-refractivity contribution >= 4 is 34.8 Å². The first-order valence-corrected chi connectivity index (χ1v) is 9.70. The van der Waals surface area contributed by atoms with E-state index in [0.717, 1.165) is 23.3 Å². The van der Waals surface area contributed by atoms with Gasteiger partial charge in [0.1, 0.15) is 0 Å². The molecule has 1 aliphatic heterocycles. The minimum Gasteiger partial charge on any atom is -0.465 e. The Kier molecular flexibility index (Phi) is 5.91. The largest absolute Gasteiger partial charge is 0.465 e. The smallest absolute Gasteiger partial charge is 0.339 e. The third-order valence-electron chi connectivity index (χ3n) is 4.74. The van der Waals surface area contributed by atoms with Crippen LogP contribution in [0.4, 0.5) is 10.5 Å². The molecular weight excluding hydrogens is 364 g/mol. The van der Waals surface area contributed by atoms with Gasteiger partial charge in [0.2, 0.25) is 0 Å². The molecular formula is C20H22N2O4S. The van der Waals surface area contributed by atoms with Crippen molar-refractivity contribution in [3.63, 3.8) is 0 Å². The van der Waals surface area contributed by atoms with Crippen molar-refractivity contribution in [3.8, 4) is 0 Å². The third-order valence-corrected chi connectivity index (χ3v) is 5.77. The summed E-state index contributed by atoms with van der Waals surface area (Å²) in [6, 6.07) is 8.33. The van der Waals surface area contributed by atoms with Gasteiger partial charge in [-0.1, -0.05) is 12.1 Å². The number of nitrogens with zero attached hydrogens (tertiary/aromatic N) is 1. The number of piperidine rings is 1. The van der Waals surface area contributed by atoms with E-state index >= 15 is 0 Å². The second kappa shape index (κ2) is 8.35. The highest BCUT2D eigenvalue weighted by Gasteiger charge is 2.30. The molecule has 142 valence electrons. The Morgan fingerprint density at radius 2 is 2.00 bits per heavy atom. The predicted molar refractivity (Wildman–Crippen MR) is 104 cm³/mol. The van der Waals surface area contributed by atoms with Gasteiger partial charge in [0.15, 0.2) is 5.78 Å². The van der Waals surface area contributed by atoms with Gasteiger partial charge in [0, 0.05) is 19.0 Å². The van der Waals surface area contributed by atoms with Gasteiger partial charge in [-0.2, -0.15) is 0 Å². The molecule has 3 rings (SSSR count). The molecule has 1 unspecified atom stereocenters.